The minimum absolute atomic E-state index is 0.00854. The predicted octanol–water partition coefficient (Wildman–Crippen LogP) is 3.70. The highest BCUT2D eigenvalue weighted by molar-refractivity contribution is 7.16. The van der Waals surface area contributed by atoms with Crippen molar-refractivity contribution in [1.29, 1.82) is 0 Å². The number of amides is 1. The van der Waals surface area contributed by atoms with E-state index >= 15 is 0 Å². The molecule has 0 radical (unpaired) electrons. The van der Waals surface area contributed by atoms with Gasteiger partial charge < -0.3 is 9.88 Å². The Morgan fingerprint density at radius 2 is 2.10 bits per heavy atom. The number of rotatable bonds is 5. The van der Waals surface area contributed by atoms with Crippen LogP contribution in [0.4, 0.5) is 5.13 Å². The third kappa shape index (κ3) is 3.15. The lowest BCUT2D eigenvalue weighted by Crippen LogP contribution is -2.13. The van der Waals surface area contributed by atoms with Crippen LogP contribution >= 0.6 is 22.7 Å². The Hall–Kier alpha value is -1.92. The molecule has 3 rings (SSSR count). The number of thiophene rings is 1. The summed E-state index contributed by atoms with van der Waals surface area (Å²) in [6, 6.07) is 7.92. The molecule has 102 valence electrons. The lowest BCUT2D eigenvalue weighted by atomic mass is 10.4. The number of aromatic nitrogens is 2. The van der Waals surface area contributed by atoms with Gasteiger partial charge in [-0.25, -0.2) is 4.98 Å². The molecule has 3 heterocycles. The summed E-state index contributed by atoms with van der Waals surface area (Å²) in [6.45, 7) is 0.683. The first-order valence-corrected chi connectivity index (χ1v) is 7.97. The number of nitrogens with zero attached hydrogens (tertiary/aromatic N) is 2. The molecule has 0 saturated carbocycles. The molecule has 0 spiro atoms. The molecule has 0 unspecified atom stereocenters. The minimum atomic E-state index is -0.00854. The van der Waals surface area contributed by atoms with Gasteiger partial charge in [-0.05, 0) is 23.6 Å². The maximum Gasteiger partial charge on any atom is 0.227 e. The van der Waals surface area contributed by atoms with Crippen LogP contribution in [0.3, 0.4) is 0 Å². The molecule has 0 aliphatic heterocycles. The Kier molecular flexibility index (Phi) is 3.94. The first-order chi connectivity index (χ1) is 9.81. The van der Waals surface area contributed by atoms with Gasteiger partial charge in [-0.2, -0.15) is 0 Å². The molecule has 0 bridgehead atoms. The van der Waals surface area contributed by atoms with Crippen LogP contribution in [0.1, 0.15) is 6.42 Å². The van der Waals surface area contributed by atoms with E-state index in [1.165, 1.54) is 11.3 Å². The third-order valence-electron chi connectivity index (χ3n) is 2.79. The highest BCUT2D eigenvalue weighted by Crippen LogP contribution is 2.28. The fraction of sp³-hybridized carbons (Fsp3) is 0.143. The number of carbonyl (C=O) groups excluding carboxylic acids is 1. The number of carbonyl (C=O) groups is 1. The number of hydrogen-bond donors (Lipinski definition) is 1. The SMILES string of the molecule is O=C(CCn1cccc1)Nc1nc(-c2cccs2)cs1. The van der Waals surface area contributed by atoms with Crippen LogP contribution in [-0.2, 0) is 11.3 Å². The summed E-state index contributed by atoms with van der Waals surface area (Å²) < 4.78 is 1.98. The van der Waals surface area contributed by atoms with E-state index < -0.39 is 0 Å². The highest BCUT2D eigenvalue weighted by atomic mass is 32.1. The molecule has 0 aromatic carbocycles. The molecule has 0 saturated heterocycles. The molecule has 3 aromatic heterocycles. The van der Waals surface area contributed by atoms with Crippen LogP contribution in [0.25, 0.3) is 10.6 Å². The van der Waals surface area contributed by atoms with Gasteiger partial charge in [-0.3, -0.25) is 4.79 Å². The molecule has 0 aliphatic carbocycles. The molecule has 6 heteroatoms. The number of aryl methyl sites for hydroxylation is 1. The predicted molar refractivity (Wildman–Crippen MR) is 83.1 cm³/mol. The highest BCUT2D eigenvalue weighted by Gasteiger charge is 2.08. The largest absolute Gasteiger partial charge is 0.354 e. The van der Waals surface area contributed by atoms with Crippen molar-refractivity contribution >= 4 is 33.7 Å². The van der Waals surface area contributed by atoms with E-state index in [9.17, 15) is 4.79 Å². The molecule has 1 amide bonds. The van der Waals surface area contributed by atoms with Gasteiger partial charge in [0.1, 0.15) is 0 Å². The second kappa shape index (κ2) is 6.02. The summed E-state index contributed by atoms with van der Waals surface area (Å²) >= 11 is 3.10. The molecular weight excluding hydrogens is 290 g/mol. The van der Waals surface area contributed by atoms with E-state index in [1.54, 1.807) is 11.3 Å². The minimum Gasteiger partial charge on any atom is -0.354 e. The third-order valence-corrected chi connectivity index (χ3v) is 4.44. The maximum absolute atomic E-state index is 11.8. The zero-order chi connectivity index (χ0) is 13.8. The van der Waals surface area contributed by atoms with E-state index in [0.29, 0.717) is 18.1 Å². The van der Waals surface area contributed by atoms with E-state index in [0.717, 1.165) is 10.6 Å². The lowest BCUT2D eigenvalue weighted by Gasteiger charge is -2.02. The summed E-state index contributed by atoms with van der Waals surface area (Å²) in [5, 5.41) is 7.49. The summed E-state index contributed by atoms with van der Waals surface area (Å²) in [6.07, 6.45) is 4.35. The normalized spacial score (nSPS) is 10.6. The molecule has 3 aromatic rings. The quantitative estimate of drug-likeness (QED) is 0.781. The Morgan fingerprint density at radius 3 is 2.85 bits per heavy atom. The molecule has 1 N–H and O–H groups in total. The van der Waals surface area contributed by atoms with E-state index in [1.807, 2.05) is 52.0 Å². The standard InChI is InChI=1S/C14H13N3OS2/c18-13(5-8-17-6-1-2-7-17)16-14-15-11(10-20-14)12-4-3-9-19-12/h1-4,6-7,9-10H,5,8H2,(H,15,16,18). The molecular formula is C14H13N3OS2. The monoisotopic (exact) mass is 303 g/mol. The molecule has 0 aliphatic rings. The topological polar surface area (TPSA) is 46.9 Å². The zero-order valence-corrected chi connectivity index (χ0v) is 12.3. The average molecular weight is 303 g/mol. The smallest absolute Gasteiger partial charge is 0.227 e. The van der Waals surface area contributed by atoms with Gasteiger partial charge >= 0.3 is 0 Å². The second-order valence-corrected chi connectivity index (χ2v) is 6.04. The second-order valence-electron chi connectivity index (χ2n) is 4.23. The van der Waals surface area contributed by atoms with Gasteiger partial charge in [0.15, 0.2) is 5.13 Å². The van der Waals surface area contributed by atoms with E-state index in [4.69, 9.17) is 0 Å². The Bertz CT molecular complexity index is 671. The van der Waals surface area contributed by atoms with Crippen LogP contribution in [0, 0.1) is 0 Å². The van der Waals surface area contributed by atoms with Gasteiger partial charge in [-0.1, -0.05) is 6.07 Å². The first kappa shape index (κ1) is 13.1. The molecule has 20 heavy (non-hydrogen) atoms. The van der Waals surface area contributed by atoms with Gasteiger partial charge in [0.25, 0.3) is 0 Å². The molecule has 0 atom stereocenters. The van der Waals surface area contributed by atoms with Gasteiger partial charge in [0.05, 0.1) is 10.6 Å². The molecule has 0 fully saturated rings. The van der Waals surface area contributed by atoms with Crippen LogP contribution in [-0.4, -0.2) is 15.5 Å². The Morgan fingerprint density at radius 1 is 1.25 bits per heavy atom. The Balaban J connectivity index is 1.56. The Labute approximate surface area is 124 Å². The van der Waals surface area contributed by atoms with Crippen LogP contribution < -0.4 is 5.32 Å². The van der Waals surface area contributed by atoms with Crippen molar-refractivity contribution in [3.63, 3.8) is 0 Å². The van der Waals surface area contributed by atoms with Crippen molar-refractivity contribution in [3.8, 4) is 10.6 Å². The van der Waals surface area contributed by atoms with Crippen molar-refractivity contribution in [3.05, 3.63) is 47.4 Å². The number of hydrogen-bond acceptors (Lipinski definition) is 4. The lowest BCUT2D eigenvalue weighted by molar-refractivity contribution is -0.116. The summed E-state index contributed by atoms with van der Waals surface area (Å²) in [5.41, 5.74) is 0.922. The van der Waals surface area contributed by atoms with E-state index in [2.05, 4.69) is 10.3 Å². The summed E-state index contributed by atoms with van der Waals surface area (Å²) in [4.78, 5) is 17.4. The van der Waals surface area contributed by atoms with Gasteiger partial charge in [0.2, 0.25) is 5.91 Å². The number of thiazole rings is 1. The van der Waals surface area contributed by atoms with Crippen molar-refractivity contribution in [1.82, 2.24) is 9.55 Å². The maximum atomic E-state index is 11.8. The number of anilines is 1. The fourth-order valence-electron chi connectivity index (χ4n) is 1.80. The van der Waals surface area contributed by atoms with Gasteiger partial charge in [-0.15, -0.1) is 22.7 Å². The van der Waals surface area contributed by atoms with Crippen molar-refractivity contribution in [2.45, 2.75) is 13.0 Å². The van der Waals surface area contributed by atoms with Crippen LogP contribution in [0.2, 0.25) is 0 Å². The van der Waals surface area contributed by atoms with Crippen LogP contribution in [0.15, 0.2) is 47.4 Å². The summed E-state index contributed by atoms with van der Waals surface area (Å²) in [7, 11) is 0. The fourth-order valence-corrected chi connectivity index (χ4v) is 3.29. The van der Waals surface area contributed by atoms with E-state index in [-0.39, 0.29) is 5.91 Å². The van der Waals surface area contributed by atoms with Gasteiger partial charge in [0, 0.05) is 30.7 Å². The summed E-state index contributed by atoms with van der Waals surface area (Å²) in [5.74, 6) is -0.00854. The number of nitrogens with one attached hydrogen (secondary N) is 1. The zero-order valence-electron chi connectivity index (χ0n) is 10.7. The first-order valence-electron chi connectivity index (χ1n) is 6.21. The van der Waals surface area contributed by atoms with Crippen molar-refractivity contribution in [2.75, 3.05) is 5.32 Å². The molecule has 4 nitrogen and oxygen atoms in total. The van der Waals surface area contributed by atoms with Crippen LogP contribution in [0.5, 0.6) is 0 Å². The average Bonchev–Trinajstić information content (AvgIpc) is 3.18. The van der Waals surface area contributed by atoms with Crippen molar-refractivity contribution in [2.24, 2.45) is 0 Å². The van der Waals surface area contributed by atoms with Crippen molar-refractivity contribution < 1.29 is 4.79 Å².